The van der Waals surface area contributed by atoms with Crippen LogP contribution < -0.4 is 14.8 Å². The number of hydrogen-bond acceptors (Lipinski definition) is 2. The van der Waals surface area contributed by atoms with Gasteiger partial charge in [-0.25, -0.2) is 0 Å². The third-order valence-corrected chi connectivity index (χ3v) is 3.16. The molecule has 3 nitrogen and oxygen atoms in total. The fraction of sp³-hybridized carbons (Fsp3) is 0.294. The fourth-order valence-corrected chi connectivity index (χ4v) is 2.20. The molecule has 0 aromatic heterocycles. The second kappa shape index (κ2) is 7.56. The monoisotopic (exact) mass is 272 g/mol. The van der Waals surface area contributed by atoms with Crippen LogP contribution in [0.4, 0.5) is 0 Å². The van der Waals surface area contributed by atoms with Crippen molar-refractivity contribution in [1.82, 2.24) is 0 Å². The van der Waals surface area contributed by atoms with E-state index in [-0.39, 0.29) is 0 Å². The van der Waals surface area contributed by atoms with E-state index >= 15 is 0 Å². The highest BCUT2D eigenvalue weighted by atomic mass is 16.5. The maximum atomic E-state index is 5.72. The molecule has 0 saturated heterocycles. The maximum absolute atomic E-state index is 5.72. The lowest BCUT2D eigenvalue weighted by Crippen LogP contribution is -2.80. The molecule has 106 valence electrons. The van der Waals surface area contributed by atoms with Gasteiger partial charge in [-0.2, -0.15) is 0 Å². The Bertz CT molecular complexity index is 526. The molecule has 0 bridgehead atoms. The van der Waals surface area contributed by atoms with Crippen molar-refractivity contribution in [2.45, 2.75) is 20.0 Å². The van der Waals surface area contributed by atoms with Crippen LogP contribution in [-0.4, -0.2) is 13.7 Å². The summed E-state index contributed by atoms with van der Waals surface area (Å²) in [6, 6.07) is 16.5. The molecule has 2 aromatic carbocycles. The molecule has 0 saturated carbocycles. The summed E-state index contributed by atoms with van der Waals surface area (Å²) in [6.07, 6.45) is 0. The van der Waals surface area contributed by atoms with E-state index in [4.69, 9.17) is 9.47 Å². The Balaban J connectivity index is 2.01. The van der Waals surface area contributed by atoms with Crippen LogP contribution in [0.3, 0.4) is 0 Å². The second-order valence-corrected chi connectivity index (χ2v) is 4.56. The van der Waals surface area contributed by atoms with E-state index in [1.165, 1.54) is 11.1 Å². The van der Waals surface area contributed by atoms with Gasteiger partial charge in [0.25, 0.3) is 0 Å². The lowest BCUT2D eigenvalue weighted by Gasteiger charge is -2.13. The molecule has 2 aromatic rings. The number of para-hydroxylation sites is 1. The Hall–Kier alpha value is -2.00. The van der Waals surface area contributed by atoms with E-state index < -0.39 is 0 Å². The standard InChI is InChI=1S/C17H21NO2/c1-3-20-17-15(10-7-11-16(17)19-2)13-18-12-14-8-5-4-6-9-14/h4-11,18H,3,12-13H2,1-2H3/p+1. The lowest BCUT2D eigenvalue weighted by molar-refractivity contribution is -0.686. The van der Waals surface area contributed by atoms with Crippen LogP contribution in [0.2, 0.25) is 0 Å². The van der Waals surface area contributed by atoms with Crippen molar-refractivity contribution in [2.24, 2.45) is 0 Å². The van der Waals surface area contributed by atoms with Gasteiger partial charge in [0.2, 0.25) is 0 Å². The van der Waals surface area contributed by atoms with Gasteiger partial charge >= 0.3 is 0 Å². The quantitative estimate of drug-likeness (QED) is 0.839. The first-order valence-corrected chi connectivity index (χ1v) is 6.99. The molecule has 0 fully saturated rings. The van der Waals surface area contributed by atoms with Gasteiger partial charge in [-0.15, -0.1) is 0 Å². The van der Waals surface area contributed by atoms with Crippen molar-refractivity contribution in [3.05, 3.63) is 59.7 Å². The molecule has 0 atom stereocenters. The summed E-state index contributed by atoms with van der Waals surface area (Å²) in [5.74, 6) is 1.67. The normalized spacial score (nSPS) is 10.3. The van der Waals surface area contributed by atoms with E-state index in [1.807, 2.05) is 25.1 Å². The zero-order valence-electron chi connectivity index (χ0n) is 12.1. The van der Waals surface area contributed by atoms with Crippen molar-refractivity contribution in [3.8, 4) is 11.5 Å². The number of nitrogens with two attached hydrogens (primary N) is 1. The van der Waals surface area contributed by atoms with Crippen molar-refractivity contribution in [1.29, 1.82) is 0 Å². The van der Waals surface area contributed by atoms with Crippen LogP contribution in [0, 0.1) is 0 Å². The summed E-state index contributed by atoms with van der Waals surface area (Å²) >= 11 is 0. The van der Waals surface area contributed by atoms with Crippen LogP contribution in [0.5, 0.6) is 11.5 Å². The lowest BCUT2D eigenvalue weighted by atomic mass is 10.1. The van der Waals surface area contributed by atoms with Gasteiger partial charge in [0, 0.05) is 5.56 Å². The predicted molar refractivity (Wildman–Crippen MR) is 79.9 cm³/mol. The zero-order valence-corrected chi connectivity index (χ0v) is 12.1. The topological polar surface area (TPSA) is 35.1 Å². The maximum Gasteiger partial charge on any atom is 0.169 e. The first-order chi connectivity index (χ1) is 9.85. The first kappa shape index (κ1) is 14.4. The summed E-state index contributed by atoms with van der Waals surface area (Å²) in [5.41, 5.74) is 2.50. The Morgan fingerprint density at radius 1 is 0.950 bits per heavy atom. The molecule has 2 N–H and O–H groups in total. The largest absolute Gasteiger partial charge is 0.493 e. The zero-order chi connectivity index (χ0) is 14.2. The van der Waals surface area contributed by atoms with E-state index in [0.717, 1.165) is 24.6 Å². The Kier molecular flexibility index (Phi) is 5.44. The van der Waals surface area contributed by atoms with Gasteiger partial charge < -0.3 is 14.8 Å². The minimum Gasteiger partial charge on any atom is -0.493 e. The third kappa shape index (κ3) is 3.75. The summed E-state index contributed by atoms with van der Waals surface area (Å²) in [6.45, 7) is 4.47. The molecule has 0 amide bonds. The Morgan fingerprint density at radius 2 is 1.75 bits per heavy atom. The summed E-state index contributed by atoms with van der Waals surface area (Å²) in [5, 5.41) is 2.27. The third-order valence-electron chi connectivity index (χ3n) is 3.16. The highest BCUT2D eigenvalue weighted by molar-refractivity contribution is 5.46. The molecule has 0 unspecified atom stereocenters. The first-order valence-electron chi connectivity index (χ1n) is 6.99. The smallest absolute Gasteiger partial charge is 0.169 e. The predicted octanol–water partition coefficient (Wildman–Crippen LogP) is 2.36. The van der Waals surface area contributed by atoms with E-state index in [2.05, 4.69) is 35.6 Å². The van der Waals surface area contributed by atoms with Crippen molar-refractivity contribution >= 4 is 0 Å². The van der Waals surface area contributed by atoms with Crippen molar-refractivity contribution < 1.29 is 14.8 Å². The van der Waals surface area contributed by atoms with Crippen molar-refractivity contribution in [2.75, 3.05) is 13.7 Å². The van der Waals surface area contributed by atoms with Crippen LogP contribution in [0.15, 0.2) is 48.5 Å². The van der Waals surface area contributed by atoms with E-state index in [9.17, 15) is 0 Å². The molecule has 0 aliphatic heterocycles. The minimum absolute atomic E-state index is 0.645. The summed E-state index contributed by atoms with van der Waals surface area (Å²) < 4.78 is 11.1. The number of methoxy groups -OCH3 is 1. The molecule has 0 aliphatic carbocycles. The van der Waals surface area contributed by atoms with Crippen LogP contribution in [0.1, 0.15) is 18.1 Å². The Morgan fingerprint density at radius 3 is 2.45 bits per heavy atom. The van der Waals surface area contributed by atoms with Crippen LogP contribution in [0.25, 0.3) is 0 Å². The minimum atomic E-state index is 0.645. The van der Waals surface area contributed by atoms with Crippen LogP contribution >= 0.6 is 0 Å². The van der Waals surface area contributed by atoms with Crippen LogP contribution in [-0.2, 0) is 13.1 Å². The number of benzene rings is 2. The fourth-order valence-electron chi connectivity index (χ4n) is 2.20. The summed E-state index contributed by atoms with van der Waals surface area (Å²) in [7, 11) is 1.68. The molecule has 3 heteroatoms. The molecule has 0 radical (unpaired) electrons. The molecular weight excluding hydrogens is 250 g/mol. The van der Waals surface area contributed by atoms with E-state index in [0.29, 0.717) is 6.61 Å². The SMILES string of the molecule is CCOc1c(C[NH2+]Cc2ccccc2)cccc1OC. The van der Waals surface area contributed by atoms with Gasteiger partial charge in [-0.1, -0.05) is 36.4 Å². The molecule has 20 heavy (non-hydrogen) atoms. The molecule has 0 spiro atoms. The molecular formula is C17H22NO2+. The number of ether oxygens (including phenoxy) is 2. The number of rotatable bonds is 7. The van der Waals surface area contributed by atoms with Gasteiger partial charge in [0.1, 0.15) is 13.1 Å². The highest BCUT2D eigenvalue weighted by Crippen LogP contribution is 2.30. The molecule has 0 aliphatic rings. The number of quaternary nitrogens is 1. The molecule has 2 rings (SSSR count). The van der Waals surface area contributed by atoms with E-state index in [1.54, 1.807) is 7.11 Å². The number of hydrogen-bond donors (Lipinski definition) is 1. The van der Waals surface area contributed by atoms with Gasteiger partial charge in [0.05, 0.1) is 19.3 Å². The second-order valence-electron chi connectivity index (χ2n) is 4.56. The van der Waals surface area contributed by atoms with Gasteiger partial charge in [0.15, 0.2) is 11.5 Å². The van der Waals surface area contributed by atoms with Crippen molar-refractivity contribution in [3.63, 3.8) is 0 Å². The Labute approximate surface area is 120 Å². The average Bonchev–Trinajstić information content (AvgIpc) is 2.50. The average molecular weight is 272 g/mol. The highest BCUT2D eigenvalue weighted by Gasteiger charge is 2.11. The summed E-state index contributed by atoms with van der Waals surface area (Å²) in [4.78, 5) is 0. The van der Waals surface area contributed by atoms with Gasteiger partial charge in [-0.05, 0) is 19.1 Å². The molecule has 0 heterocycles. The van der Waals surface area contributed by atoms with Gasteiger partial charge in [-0.3, -0.25) is 0 Å².